The molecule has 1 saturated heterocycles. The molecule has 0 aromatic rings. The average Bonchev–Trinajstić information content (AvgIpc) is 1.97. The third kappa shape index (κ3) is 3.66. The quantitative estimate of drug-likeness (QED) is 0.532. The van der Waals surface area contributed by atoms with Crippen molar-refractivity contribution in [2.24, 2.45) is 11.1 Å². The molecule has 1 heterocycles. The molecule has 9 heteroatoms. The van der Waals surface area contributed by atoms with Gasteiger partial charge in [0.25, 0.3) is 0 Å². The Morgan fingerprint density at radius 2 is 2.00 bits per heavy atom. The first-order valence-corrected chi connectivity index (χ1v) is 6.27. The summed E-state index contributed by atoms with van der Waals surface area (Å²) in [7, 11) is -3.59. The molecule has 8 nitrogen and oxygen atoms in total. The van der Waals surface area contributed by atoms with Crippen LogP contribution in [0.2, 0.25) is 0 Å². The smallest absolute Gasteiger partial charge is 0.317 e. The molecule has 0 radical (unpaired) electrons. The first-order valence-electron chi connectivity index (χ1n) is 4.55. The first kappa shape index (κ1) is 12.7. The summed E-state index contributed by atoms with van der Waals surface area (Å²) >= 11 is 0. The third-order valence-electron chi connectivity index (χ3n) is 2.18. The minimum absolute atomic E-state index is 0.0775. The molecule has 0 saturated carbocycles. The SMILES string of the molecule is NS(=O)(=O)CCNC(=O)N1CC(C(=O)O)C1. The predicted octanol–water partition coefficient (Wildman–Crippen LogP) is -2.00. The van der Waals surface area contributed by atoms with Crippen LogP contribution in [0.15, 0.2) is 0 Å². The Bertz CT molecular complexity index is 387. The highest BCUT2D eigenvalue weighted by molar-refractivity contribution is 7.89. The Morgan fingerprint density at radius 3 is 2.44 bits per heavy atom. The van der Waals surface area contributed by atoms with Crippen molar-refractivity contribution in [1.29, 1.82) is 0 Å². The van der Waals surface area contributed by atoms with E-state index in [2.05, 4.69) is 5.32 Å². The second kappa shape index (κ2) is 4.66. The van der Waals surface area contributed by atoms with Gasteiger partial charge in [-0.3, -0.25) is 4.79 Å². The summed E-state index contributed by atoms with van der Waals surface area (Å²) < 4.78 is 21.1. The van der Waals surface area contributed by atoms with E-state index in [0.717, 1.165) is 0 Å². The van der Waals surface area contributed by atoms with Crippen LogP contribution in [0, 0.1) is 5.92 Å². The van der Waals surface area contributed by atoms with Gasteiger partial charge in [-0.25, -0.2) is 18.4 Å². The third-order valence-corrected chi connectivity index (χ3v) is 2.95. The van der Waals surface area contributed by atoms with Gasteiger partial charge in [-0.2, -0.15) is 0 Å². The van der Waals surface area contributed by atoms with E-state index >= 15 is 0 Å². The Kier molecular flexibility index (Phi) is 3.70. The largest absolute Gasteiger partial charge is 0.481 e. The summed E-state index contributed by atoms with van der Waals surface area (Å²) in [5.74, 6) is -1.80. The molecule has 0 bridgehead atoms. The summed E-state index contributed by atoms with van der Waals surface area (Å²) in [6, 6.07) is -0.471. The fraction of sp³-hybridized carbons (Fsp3) is 0.714. The molecular formula is C7H13N3O5S. The summed E-state index contributed by atoms with van der Waals surface area (Å²) in [6.45, 7) is 0.221. The Labute approximate surface area is 92.5 Å². The molecule has 1 fully saturated rings. The molecule has 0 aromatic carbocycles. The Balaban J connectivity index is 2.21. The molecule has 2 amide bonds. The van der Waals surface area contributed by atoms with Crippen molar-refractivity contribution in [2.45, 2.75) is 0 Å². The monoisotopic (exact) mass is 251 g/mol. The Hall–Kier alpha value is -1.35. The van der Waals surface area contributed by atoms with E-state index in [1.54, 1.807) is 0 Å². The molecule has 4 N–H and O–H groups in total. The standard InChI is InChI=1S/C7H13N3O5S/c8-16(14,15)2-1-9-7(13)10-3-5(4-10)6(11)12/h5H,1-4H2,(H,9,13)(H,11,12)(H2,8,14,15). The number of hydrogen-bond donors (Lipinski definition) is 3. The van der Waals surface area contributed by atoms with Gasteiger partial charge in [0.15, 0.2) is 0 Å². The van der Waals surface area contributed by atoms with Crippen LogP contribution in [0.4, 0.5) is 4.79 Å². The predicted molar refractivity (Wildman–Crippen MR) is 54.1 cm³/mol. The van der Waals surface area contributed by atoms with E-state index < -0.39 is 27.9 Å². The summed E-state index contributed by atoms with van der Waals surface area (Å²) in [5, 5.41) is 15.6. The van der Waals surface area contributed by atoms with Crippen molar-refractivity contribution in [2.75, 3.05) is 25.4 Å². The average molecular weight is 251 g/mol. The normalized spacial score (nSPS) is 16.7. The lowest BCUT2D eigenvalue weighted by atomic mass is 10.0. The van der Waals surface area contributed by atoms with Crippen molar-refractivity contribution in [3.8, 4) is 0 Å². The molecule has 1 aliphatic heterocycles. The molecule has 0 spiro atoms. The van der Waals surface area contributed by atoms with Gasteiger partial charge < -0.3 is 15.3 Å². The lowest BCUT2D eigenvalue weighted by molar-refractivity contribution is -0.146. The van der Waals surface area contributed by atoms with Gasteiger partial charge in [-0.1, -0.05) is 0 Å². The molecular weight excluding hydrogens is 238 g/mol. The van der Waals surface area contributed by atoms with Crippen LogP contribution in [-0.2, 0) is 14.8 Å². The van der Waals surface area contributed by atoms with Crippen molar-refractivity contribution >= 4 is 22.0 Å². The number of primary sulfonamides is 1. The number of carboxylic acids is 1. The van der Waals surface area contributed by atoms with Gasteiger partial charge in [-0.05, 0) is 0 Å². The van der Waals surface area contributed by atoms with E-state index in [9.17, 15) is 18.0 Å². The van der Waals surface area contributed by atoms with E-state index in [1.807, 2.05) is 0 Å². The highest BCUT2D eigenvalue weighted by atomic mass is 32.2. The van der Waals surface area contributed by atoms with E-state index in [0.29, 0.717) is 0 Å². The fourth-order valence-electron chi connectivity index (χ4n) is 1.21. The fourth-order valence-corrected chi connectivity index (χ4v) is 1.60. The summed E-state index contributed by atoms with van der Waals surface area (Å²) in [4.78, 5) is 23.0. The molecule has 0 unspecified atom stereocenters. The lowest BCUT2D eigenvalue weighted by Gasteiger charge is -2.36. The number of aliphatic carboxylic acids is 1. The van der Waals surface area contributed by atoms with Crippen LogP contribution in [-0.4, -0.2) is 55.8 Å². The Morgan fingerprint density at radius 1 is 1.44 bits per heavy atom. The summed E-state index contributed by atoms with van der Waals surface area (Å²) in [5.41, 5.74) is 0. The molecule has 1 rings (SSSR count). The van der Waals surface area contributed by atoms with E-state index in [-0.39, 0.29) is 25.4 Å². The molecule has 16 heavy (non-hydrogen) atoms. The van der Waals surface area contributed by atoms with Gasteiger partial charge in [0.05, 0.1) is 11.7 Å². The number of carboxylic acid groups (broad SMARTS) is 1. The number of nitrogens with two attached hydrogens (primary N) is 1. The van der Waals surface area contributed by atoms with Gasteiger partial charge in [0, 0.05) is 19.6 Å². The maximum absolute atomic E-state index is 11.3. The maximum Gasteiger partial charge on any atom is 0.317 e. The molecule has 92 valence electrons. The zero-order chi connectivity index (χ0) is 12.3. The van der Waals surface area contributed by atoms with Crippen LogP contribution >= 0.6 is 0 Å². The van der Waals surface area contributed by atoms with Crippen LogP contribution in [0.25, 0.3) is 0 Å². The zero-order valence-corrected chi connectivity index (χ0v) is 9.24. The number of hydrogen-bond acceptors (Lipinski definition) is 4. The number of carbonyl (C=O) groups excluding carboxylic acids is 1. The number of nitrogens with zero attached hydrogens (tertiary/aromatic N) is 1. The minimum Gasteiger partial charge on any atom is -0.481 e. The van der Waals surface area contributed by atoms with Crippen LogP contribution in [0.5, 0.6) is 0 Å². The highest BCUT2D eigenvalue weighted by Gasteiger charge is 2.35. The van der Waals surface area contributed by atoms with E-state index in [1.165, 1.54) is 4.90 Å². The minimum atomic E-state index is -3.59. The van der Waals surface area contributed by atoms with Crippen molar-refractivity contribution in [3.05, 3.63) is 0 Å². The zero-order valence-electron chi connectivity index (χ0n) is 8.42. The summed E-state index contributed by atoms with van der Waals surface area (Å²) in [6.07, 6.45) is 0. The lowest BCUT2D eigenvalue weighted by Crippen LogP contribution is -2.56. The number of carbonyl (C=O) groups is 2. The second-order valence-electron chi connectivity index (χ2n) is 3.54. The molecule has 0 aromatic heterocycles. The van der Waals surface area contributed by atoms with Crippen LogP contribution in [0.1, 0.15) is 0 Å². The number of amides is 2. The number of nitrogens with one attached hydrogen (secondary N) is 1. The van der Waals surface area contributed by atoms with Crippen molar-refractivity contribution in [3.63, 3.8) is 0 Å². The molecule has 1 aliphatic rings. The number of likely N-dealkylation sites (tertiary alicyclic amines) is 1. The van der Waals surface area contributed by atoms with E-state index in [4.69, 9.17) is 10.2 Å². The highest BCUT2D eigenvalue weighted by Crippen LogP contribution is 2.14. The van der Waals surface area contributed by atoms with Gasteiger partial charge in [0.2, 0.25) is 10.0 Å². The van der Waals surface area contributed by atoms with Crippen molar-refractivity contribution in [1.82, 2.24) is 10.2 Å². The number of urea groups is 1. The van der Waals surface area contributed by atoms with Crippen LogP contribution < -0.4 is 10.5 Å². The van der Waals surface area contributed by atoms with Crippen molar-refractivity contribution < 1.29 is 23.1 Å². The first-order chi connectivity index (χ1) is 7.29. The second-order valence-corrected chi connectivity index (χ2v) is 5.27. The van der Waals surface area contributed by atoms with Gasteiger partial charge in [0.1, 0.15) is 0 Å². The topological polar surface area (TPSA) is 130 Å². The number of rotatable bonds is 4. The molecule has 0 aliphatic carbocycles. The van der Waals surface area contributed by atoms with Crippen LogP contribution in [0.3, 0.4) is 0 Å². The number of sulfonamides is 1. The maximum atomic E-state index is 11.3. The van der Waals surface area contributed by atoms with Gasteiger partial charge in [-0.15, -0.1) is 0 Å². The molecule has 0 atom stereocenters. The van der Waals surface area contributed by atoms with Gasteiger partial charge >= 0.3 is 12.0 Å².